The predicted molar refractivity (Wildman–Crippen MR) is 78.3 cm³/mol. The van der Waals surface area contributed by atoms with Crippen LogP contribution in [0.2, 0.25) is 0 Å². The minimum absolute atomic E-state index is 0.259. The van der Waals surface area contributed by atoms with Gasteiger partial charge in [0.05, 0.1) is 18.0 Å². The first-order chi connectivity index (χ1) is 9.52. The lowest BCUT2D eigenvalue weighted by Crippen LogP contribution is -2.12. The molecule has 0 aliphatic carbocycles. The van der Waals surface area contributed by atoms with E-state index in [4.69, 9.17) is 4.74 Å². The summed E-state index contributed by atoms with van der Waals surface area (Å²) >= 11 is 0. The average Bonchev–Trinajstić information content (AvgIpc) is 2.84. The summed E-state index contributed by atoms with van der Waals surface area (Å²) in [5.74, 6) is -0.0809. The molecule has 0 radical (unpaired) electrons. The van der Waals surface area contributed by atoms with Gasteiger partial charge in [-0.05, 0) is 43.5 Å². The van der Waals surface area contributed by atoms with Gasteiger partial charge in [0, 0.05) is 0 Å². The van der Waals surface area contributed by atoms with E-state index >= 15 is 0 Å². The molecule has 2 aromatic rings. The Morgan fingerprint density at radius 2 is 2.10 bits per heavy atom. The number of aryl methyl sites for hydroxylation is 1. The predicted octanol–water partition coefficient (Wildman–Crippen LogP) is 3.48. The van der Waals surface area contributed by atoms with Crippen LogP contribution < -0.4 is 0 Å². The molecule has 106 valence electrons. The van der Waals surface area contributed by atoms with Crippen LogP contribution in [0.15, 0.2) is 30.3 Å². The topological polar surface area (TPSA) is 44.1 Å². The van der Waals surface area contributed by atoms with Crippen molar-refractivity contribution in [2.75, 3.05) is 6.61 Å². The second kappa shape index (κ2) is 5.90. The number of rotatable bonds is 4. The van der Waals surface area contributed by atoms with Crippen molar-refractivity contribution in [3.05, 3.63) is 47.3 Å². The van der Waals surface area contributed by atoms with Crippen LogP contribution in [0, 0.1) is 6.92 Å². The molecule has 1 heterocycles. The highest BCUT2D eigenvalue weighted by molar-refractivity contribution is 5.88. The highest BCUT2D eigenvalue weighted by Crippen LogP contribution is 2.19. The molecule has 0 saturated carbocycles. The molecule has 4 nitrogen and oxygen atoms in total. The molecule has 2 rings (SSSR count). The smallest absolute Gasteiger partial charge is 0.357 e. The Bertz CT molecular complexity index is 615. The third-order valence-corrected chi connectivity index (χ3v) is 3.05. The van der Waals surface area contributed by atoms with Gasteiger partial charge in [0.1, 0.15) is 0 Å². The SMILES string of the molecule is CCOC(=O)c1cc(C(C)C)nn1-c1cccc(C)c1. The Morgan fingerprint density at radius 3 is 2.70 bits per heavy atom. The number of nitrogens with zero attached hydrogens (tertiary/aromatic N) is 2. The summed E-state index contributed by atoms with van der Waals surface area (Å²) in [4.78, 5) is 12.1. The van der Waals surface area contributed by atoms with E-state index in [2.05, 4.69) is 18.9 Å². The zero-order chi connectivity index (χ0) is 14.7. The van der Waals surface area contributed by atoms with E-state index in [-0.39, 0.29) is 11.9 Å². The molecule has 0 aliphatic heterocycles. The van der Waals surface area contributed by atoms with Crippen LogP contribution in [0.5, 0.6) is 0 Å². The maximum Gasteiger partial charge on any atom is 0.357 e. The van der Waals surface area contributed by atoms with Crippen LogP contribution in [0.1, 0.15) is 48.4 Å². The van der Waals surface area contributed by atoms with Crippen molar-refractivity contribution in [1.82, 2.24) is 9.78 Å². The Balaban J connectivity index is 2.52. The van der Waals surface area contributed by atoms with E-state index in [1.165, 1.54) is 0 Å². The number of ether oxygens (including phenoxy) is 1. The van der Waals surface area contributed by atoms with Crippen molar-refractivity contribution >= 4 is 5.97 Å². The molecule has 0 unspecified atom stereocenters. The maximum absolute atomic E-state index is 12.1. The summed E-state index contributed by atoms with van der Waals surface area (Å²) in [7, 11) is 0. The molecule has 1 aromatic carbocycles. The van der Waals surface area contributed by atoms with Crippen LogP contribution >= 0.6 is 0 Å². The summed E-state index contributed by atoms with van der Waals surface area (Å²) in [5, 5.41) is 4.54. The number of hydrogen-bond donors (Lipinski definition) is 0. The molecule has 0 amide bonds. The van der Waals surface area contributed by atoms with Crippen molar-refractivity contribution in [1.29, 1.82) is 0 Å². The van der Waals surface area contributed by atoms with Gasteiger partial charge in [-0.25, -0.2) is 9.48 Å². The minimum atomic E-state index is -0.339. The molecule has 0 saturated heterocycles. The standard InChI is InChI=1S/C16H20N2O2/c1-5-20-16(19)15-10-14(11(2)3)17-18(15)13-8-6-7-12(4)9-13/h6-11H,5H2,1-4H3. The van der Waals surface area contributed by atoms with Gasteiger partial charge in [-0.3, -0.25) is 0 Å². The van der Waals surface area contributed by atoms with E-state index in [1.807, 2.05) is 37.3 Å². The summed E-state index contributed by atoms with van der Waals surface area (Å²) in [5.41, 5.74) is 3.36. The van der Waals surface area contributed by atoms with Crippen molar-refractivity contribution < 1.29 is 9.53 Å². The minimum Gasteiger partial charge on any atom is -0.461 e. The summed E-state index contributed by atoms with van der Waals surface area (Å²) in [6, 6.07) is 9.72. The molecule has 0 aliphatic rings. The lowest BCUT2D eigenvalue weighted by atomic mass is 10.1. The largest absolute Gasteiger partial charge is 0.461 e. The van der Waals surface area contributed by atoms with Gasteiger partial charge in [-0.2, -0.15) is 5.10 Å². The fourth-order valence-corrected chi connectivity index (χ4v) is 1.99. The van der Waals surface area contributed by atoms with Gasteiger partial charge in [-0.15, -0.1) is 0 Å². The summed E-state index contributed by atoms with van der Waals surface area (Å²) < 4.78 is 6.78. The summed E-state index contributed by atoms with van der Waals surface area (Å²) in [6.07, 6.45) is 0. The van der Waals surface area contributed by atoms with Crippen molar-refractivity contribution in [2.24, 2.45) is 0 Å². The highest BCUT2D eigenvalue weighted by Gasteiger charge is 2.19. The molecule has 0 spiro atoms. The molecule has 0 fully saturated rings. The molecule has 0 atom stereocenters. The molecule has 0 bridgehead atoms. The quantitative estimate of drug-likeness (QED) is 0.800. The van der Waals surface area contributed by atoms with E-state index in [1.54, 1.807) is 11.6 Å². The number of benzene rings is 1. The molecular weight excluding hydrogens is 252 g/mol. The zero-order valence-electron chi connectivity index (χ0n) is 12.4. The van der Waals surface area contributed by atoms with Crippen LogP contribution in [0.3, 0.4) is 0 Å². The van der Waals surface area contributed by atoms with E-state index in [0.29, 0.717) is 12.3 Å². The Labute approximate surface area is 119 Å². The Hall–Kier alpha value is -2.10. The van der Waals surface area contributed by atoms with Crippen molar-refractivity contribution in [2.45, 2.75) is 33.6 Å². The van der Waals surface area contributed by atoms with Crippen LogP contribution in [-0.4, -0.2) is 22.4 Å². The Morgan fingerprint density at radius 1 is 1.35 bits per heavy atom. The lowest BCUT2D eigenvalue weighted by molar-refractivity contribution is 0.0515. The van der Waals surface area contributed by atoms with Gasteiger partial charge in [0.15, 0.2) is 5.69 Å². The van der Waals surface area contributed by atoms with Gasteiger partial charge in [0.25, 0.3) is 0 Å². The second-order valence-corrected chi connectivity index (χ2v) is 5.08. The zero-order valence-corrected chi connectivity index (χ0v) is 12.4. The summed E-state index contributed by atoms with van der Waals surface area (Å²) in [6.45, 7) is 8.28. The van der Waals surface area contributed by atoms with E-state index < -0.39 is 0 Å². The van der Waals surface area contributed by atoms with E-state index in [9.17, 15) is 4.79 Å². The monoisotopic (exact) mass is 272 g/mol. The molecule has 1 aromatic heterocycles. The van der Waals surface area contributed by atoms with Crippen molar-refractivity contribution in [3.8, 4) is 5.69 Å². The van der Waals surface area contributed by atoms with Gasteiger partial charge in [-0.1, -0.05) is 26.0 Å². The lowest BCUT2D eigenvalue weighted by Gasteiger charge is -2.07. The molecule has 4 heteroatoms. The number of hydrogen-bond acceptors (Lipinski definition) is 3. The van der Waals surface area contributed by atoms with Crippen molar-refractivity contribution in [3.63, 3.8) is 0 Å². The maximum atomic E-state index is 12.1. The Kier molecular flexibility index (Phi) is 4.23. The number of aromatic nitrogens is 2. The van der Waals surface area contributed by atoms with Gasteiger partial charge < -0.3 is 4.74 Å². The fourth-order valence-electron chi connectivity index (χ4n) is 1.99. The normalized spacial score (nSPS) is 10.8. The second-order valence-electron chi connectivity index (χ2n) is 5.08. The molecular formula is C16H20N2O2. The highest BCUT2D eigenvalue weighted by atomic mass is 16.5. The number of esters is 1. The first-order valence-corrected chi connectivity index (χ1v) is 6.87. The fraction of sp³-hybridized carbons (Fsp3) is 0.375. The number of carbonyl (C=O) groups excluding carboxylic acids is 1. The van der Waals surface area contributed by atoms with Gasteiger partial charge in [0.2, 0.25) is 0 Å². The number of carbonyl (C=O) groups is 1. The van der Waals surface area contributed by atoms with Gasteiger partial charge >= 0.3 is 5.97 Å². The third kappa shape index (κ3) is 2.90. The van der Waals surface area contributed by atoms with Crippen LogP contribution in [-0.2, 0) is 4.74 Å². The molecule has 0 N–H and O–H groups in total. The molecule has 20 heavy (non-hydrogen) atoms. The average molecular weight is 272 g/mol. The van der Waals surface area contributed by atoms with E-state index in [0.717, 1.165) is 16.9 Å². The third-order valence-electron chi connectivity index (χ3n) is 3.05. The van der Waals surface area contributed by atoms with Crippen LogP contribution in [0.25, 0.3) is 5.69 Å². The first kappa shape index (κ1) is 14.3. The van der Waals surface area contributed by atoms with Crippen LogP contribution in [0.4, 0.5) is 0 Å². The first-order valence-electron chi connectivity index (χ1n) is 6.87.